The van der Waals surface area contributed by atoms with Crippen molar-refractivity contribution in [1.29, 1.82) is 0 Å². The molecule has 0 fully saturated rings. The fraction of sp³-hybridized carbons (Fsp3) is 0.300. The number of ether oxygens (including phenoxy) is 1. The van der Waals surface area contributed by atoms with Crippen molar-refractivity contribution in [3.05, 3.63) is 106 Å². The van der Waals surface area contributed by atoms with Gasteiger partial charge in [0.1, 0.15) is 11.3 Å². The third kappa shape index (κ3) is 7.51. The van der Waals surface area contributed by atoms with Gasteiger partial charge < -0.3 is 9.15 Å². The molecule has 2 heterocycles. The maximum absolute atomic E-state index is 12.5. The number of hydrogen-bond donors (Lipinski definition) is 2. The minimum absolute atomic E-state index is 0.173. The average molecular weight is 501 g/mol. The topological polar surface area (TPSA) is 102 Å². The number of unbranched alkanes of at least 4 members (excludes halogenated alkanes) is 1. The molecular formula is C30H32N2O5. The number of fused-ring (bicyclic) bond motifs is 1. The molecule has 192 valence electrons. The monoisotopic (exact) mass is 500 g/mol. The van der Waals surface area contributed by atoms with E-state index in [1.54, 1.807) is 17.6 Å². The predicted molar refractivity (Wildman–Crippen MR) is 142 cm³/mol. The number of amides is 1. The summed E-state index contributed by atoms with van der Waals surface area (Å²) in [6.45, 7) is 2.59. The van der Waals surface area contributed by atoms with Gasteiger partial charge in [-0.15, -0.1) is 0 Å². The number of nitrogens with zero attached hydrogens (tertiary/aromatic N) is 1. The summed E-state index contributed by atoms with van der Waals surface area (Å²) in [5, 5.41) is 10.1. The molecule has 0 saturated heterocycles. The van der Waals surface area contributed by atoms with Gasteiger partial charge in [-0.1, -0.05) is 23.8 Å². The normalized spacial score (nSPS) is 11.8. The zero-order valence-electron chi connectivity index (χ0n) is 21.0. The van der Waals surface area contributed by atoms with Gasteiger partial charge in [-0.3, -0.25) is 15.0 Å². The van der Waals surface area contributed by atoms with Crippen molar-refractivity contribution >= 4 is 16.9 Å². The molecule has 7 heteroatoms. The number of aromatic nitrogens is 1. The first-order chi connectivity index (χ1) is 18.0. The molecule has 2 N–H and O–H groups in total. The highest BCUT2D eigenvalue weighted by Gasteiger charge is 2.21. The van der Waals surface area contributed by atoms with Crippen molar-refractivity contribution in [2.75, 3.05) is 6.61 Å². The van der Waals surface area contributed by atoms with Crippen molar-refractivity contribution in [2.24, 2.45) is 5.92 Å². The molecule has 0 bridgehead atoms. The van der Waals surface area contributed by atoms with Crippen LogP contribution < -0.4 is 15.8 Å². The van der Waals surface area contributed by atoms with E-state index in [4.69, 9.17) is 9.15 Å². The molecule has 0 saturated carbocycles. The van der Waals surface area contributed by atoms with E-state index in [2.05, 4.69) is 4.98 Å². The van der Waals surface area contributed by atoms with Crippen LogP contribution in [0.5, 0.6) is 5.75 Å². The Kier molecular flexibility index (Phi) is 9.05. The van der Waals surface area contributed by atoms with Crippen LogP contribution in [-0.2, 0) is 24.1 Å². The zero-order chi connectivity index (χ0) is 26.0. The first-order valence-corrected chi connectivity index (χ1v) is 12.6. The Bertz CT molecular complexity index is 1380. The molecule has 4 aromatic rings. The molecule has 0 radical (unpaired) electrons. The van der Waals surface area contributed by atoms with Crippen molar-refractivity contribution in [3.8, 4) is 5.75 Å². The number of carbonyl (C=O) groups is 1. The number of rotatable bonds is 12. The highest BCUT2D eigenvalue weighted by molar-refractivity contribution is 5.79. The van der Waals surface area contributed by atoms with E-state index in [-0.39, 0.29) is 6.42 Å². The molecule has 0 aliphatic carbocycles. The summed E-state index contributed by atoms with van der Waals surface area (Å²) in [4.78, 5) is 29.0. The smallest absolute Gasteiger partial charge is 0.339 e. The van der Waals surface area contributed by atoms with E-state index in [0.717, 1.165) is 41.5 Å². The maximum Gasteiger partial charge on any atom is 0.339 e. The van der Waals surface area contributed by atoms with Gasteiger partial charge in [0, 0.05) is 29.3 Å². The molecule has 4 rings (SSSR count). The minimum Gasteiger partial charge on any atom is -0.494 e. The zero-order valence-corrected chi connectivity index (χ0v) is 21.0. The van der Waals surface area contributed by atoms with E-state index in [0.29, 0.717) is 30.6 Å². The lowest BCUT2D eigenvalue weighted by atomic mass is 9.92. The number of nitrogens with one attached hydrogen (secondary N) is 1. The highest BCUT2D eigenvalue weighted by atomic mass is 16.5. The Morgan fingerprint density at radius 1 is 1.03 bits per heavy atom. The van der Waals surface area contributed by atoms with Crippen LogP contribution in [0.4, 0.5) is 0 Å². The SMILES string of the molecule is Cc1ccc2oc(=O)c(CC(CCc3cccc(OCCCCc4ccncc4)c3)C(=O)NO)cc2c1. The lowest BCUT2D eigenvalue weighted by Crippen LogP contribution is -2.31. The quantitative estimate of drug-likeness (QED) is 0.120. The lowest BCUT2D eigenvalue weighted by molar-refractivity contribution is -0.133. The van der Waals surface area contributed by atoms with Gasteiger partial charge in [-0.2, -0.15) is 0 Å². The molecule has 0 aliphatic rings. The summed E-state index contributed by atoms with van der Waals surface area (Å²) >= 11 is 0. The van der Waals surface area contributed by atoms with E-state index in [1.807, 2.05) is 67.8 Å². The van der Waals surface area contributed by atoms with Crippen LogP contribution in [0.25, 0.3) is 11.0 Å². The van der Waals surface area contributed by atoms with Crippen molar-refractivity contribution < 1.29 is 19.2 Å². The number of benzene rings is 2. The van der Waals surface area contributed by atoms with Crippen molar-refractivity contribution in [2.45, 2.75) is 45.4 Å². The molecule has 0 aliphatic heterocycles. The standard InChI is InChI=1S/C30H32N2O5/c1-21-8-11-28-25(17-21)20-26(30(34)37-28)19-24(29(33)32-35)10-9-23-6-4-7-27(18-23)36-16-3-2-5-22-12-14-31-15-13-22/h4,6-8,11-15,17-18,20,24,35H,2-3,5,9-10,16,19H2,1H3,(H,32,33). The average Bonchev–Trinajstić information content (AvgIpc) is 2.91. The Morgan fingerprint density at radius 2 is 1.86 bits per heavy atom. The lowest BCUT2D eigenvalue weighted by Gasteiger charge is -2.15. The van der Waals surface area contributed by atoms with Gasteiger partial charge in [-0.05, 0) is 99.0 Å². The van der Waals surface area contributed by atoms with Gasteiger partial charge in [0.05, 0.1) is 6.61 Å². The molecule has 7 nitrogen and oxygen atoms in total. The second-order valence-corrected chi connectivity index (χ2v) is 9.32. The number of pyridine rings is 1. The summed E-state index contributed by atoms with van der Waals surface area (Å²) in [5.74, 6) is -0.326. The molecular weight excluding hydrogens is 468 g/mol. The van der Waals surface area contributed by atoms with E-state index >= 15 is 0 Å². The van der Waals surface area contributed by atoms with E-state index in [1.165, 1.54) is 5.56 Å². The van der Waals surface area contributed by atoms with Crippen LogP contribution in [0.3, 0.4) is 0 Å². The number of hydrogen-bond acceptors (Lipinski definition) is 6. The fourth-order valence-corrected chi connectivity index (χ4v) is 4.41. The van der Waals surface area contributed by atoms with Gasteiger partial charge in [-0.25, -0.2) is 10.3 Å². The van der Waals surface area contributed by atoms with Gasteiger partial charge in [0.25, 0.3) is 0 Å². The third-order valence-electron chi connectivity index (χ3n) is 6.46. The van der Waals surface area contributed by atoms with Crippen LogP contribution in [0, 0.1) is 12.8 Å². The number of hydroxylamine groups is 1. The maximum atomic E-state index is 12.5. The Labute approximate surface area is 216 Å². The van der Waals surface area contributed by atoms with Crippen molar-refractivity contribution in [3.63, 3.8) is 0 Å². The predicted octanol–water partition coefficient (Wildman–Crippen LogP) is 5.20. The second-order valence-electron chi connectivity index (χ2n) is 9.32. The molecule has 2 aromatic heterocycles. The number of carbonyl (C=O) groups excluding carboxylic acids is 1. The highest BCUT2D eigenvalue weighted by Crippen LogP contribution is 2.21. The van der Waals surface area contributed by atoms with Crippen LogP contribution in [0.2, 0.25) is 0 Å². The molecule has 1 atom stereocenters. The van der Waals surface area contributed by atoms with E-state index in [9.17, 15) is 14.8 Å². The number of aryl methyl sites for hydroxylation is 3. The summed E-state index contributed by atoms with van der Waals surface area (Å²) in [6, 6.07) is 19.2. The Hall–Kier alpha value is -3.97. The summed E-state index contributed by atoms with van der Waals surface area (Å²) in [6.07, 6.45) is 7.81. The first-order valence-electron chi connectivity index (χ1n) is 12.6. The van der Waals surface area contributed by atoms with Gasteiger partial charge >= 0.3 is 5.63 Å². The minimum atomic E-state index is -0.590. The Morgan fingerprint density at radius 3 is 2.68 bits per heavy atom. The molecule has 2 aromatic carbocycles. The fourth-order valence-electron chi connectivity index (χ4n) is 4.41. The summed E-state index contributed by atoms with van der Waals surface area (Å²) in [7, 11) is 0. The van der Waals surface area contributed by atoms with Crippen LogP contribution in [-0.4, -0.2) is 22.7 Å². The first kappa shape index (κ1) is 26.1. The van der Waals surface area contributed by atoms with E-state index < -0.39 is 17.5 Å². The molecule has 0 spiro atoms. The second kappa shape index (κ2) is 12.8. The Balaban J connectivity index is 1.33. The molecule has 37 heavy (non-hydrogen) atoms. The van der Waals surface area contributed by atoms with Gasteiger partial charge in [0.15, 0.2) is 0 Å². The molecule has 1 amide bonds. The van der Waals surface area contributed by atoms with Crippen LogP contribution in [0.1, 0.15) is 41.5 Å². The summed E-state index contributed by atoms with van der Waals surface area (Å²) in [5.41, 5.74) is 5.55. The third-order valence-corrected chi connectivity index (χ3v) is 6.46. The molecule has 1 unspecified atom stereocenters. The largest absolute Gasteiger partial charge is 0.494 e. The summed E-state index contributed by atoms with van der Waals surface area (Å²) < 4.78 is 11.4. The van der Waals surface area contributed by atoms with Crippen molar-refractivity contribution in [1.82, 2.24) is 10.5 Å². The van der Waals surface area contributed by atoms with Crippen LogP contribution >= 0.6 is 0 Å². The van der Waals surface area contributed by atoms with Gasteiger partial charge in [0.2, 0.25) is 5.91 Å². The van der Waals surface area contributed by atoms with Crippen LogP contribution in [0.15, 0.2) is 82.3 Å².